The van der Waals surface area contributed by atoms with Crippen molar-refractivity contribution >= 4 is 11.6 Å². The zero-order valence-corrected chi connectivity index (χ0v) is 8.23. The molecule has 0 amide bonds. The van der Waals surface area contributed by atoms with Gasteiger partial charge in [0.15, 0.2) is 0 Å². The van der Waals surface area contributed by atoms with Crippen LogP contribution in [0.5, 0.6) is 0 Å². The number of rotatable bonds is 3. The van der Waals surface area contributed by atoms with Crippen LogP contribution in [0.25, 0.3) is 0 Å². The summed E-state index contributed by atoms with van der Waals surface area (Å²) in [5.74, 6) is -1.95. The number of likely N-dealkylation sites (tertiary alicyclic amines) is 1. The van der Waals surface area contributed by atoms with Crippen molar-refractivity contribution in [1.29, 1.82) is 0 Å². The molecule has 0 spiro atoms. The minimum Gasteiger partial charge on any atom is -0.299 e. The molecule has 0 unspecified atom stereocenters. The molecule has 0 aromatic heterocycles. The van der Waals surface area contributed by atoms with Gasteiger partial charge in [0.1, 0.15) is 0 Å². The number of piperidine rings is 1. The number of hydrogen-bond acceptors (Lipinski definition) is 1. The van der Waals surface area contributed by atoms with Gasteiger partial charge < -0.3 is 0 Å². The Hall–Kier alpha value is -0.150. The molecule has 0 saturated carbocycles. The molecule has 76 valence electrons. The summed E-state index contributed by atoms with van der Waals surface area (Å²) in [6, 6.07) is 0. The van der Waals surface area contributed by atoms with E-state index in [9.17, 15) is 8.78 Å². The van der Waals surface area contributed by atoms with E-state index in [2.05, 4.69) is 0 Å². The summed E-state index contributed by atoms with van der Waals surface area (Å²) in [6.07, 6.45) is 3.74. The lowest BCUT2D eigenvalue weighted by Gasteiger charge is -2.30. The Morgan fingerprint density at radius 3 is 2.38 bits per heavy atom. The summed E-state index contributed by atoms with van der Waals surface area (Å²) in [4.78, 5) is 2.01. The van der Waals surface area contributed by atoms with Crippen molar-refractivity contribution in [3.8, 4) is 0 Å². The van der Waals surface area contributed by atoms with Gasteiger partial charge in [0.05, 0.1) is 0 Å². The van der Waals surface area contributed by atoms with Crippen LogP contribution in [0.4, 0.5) is 8.78 Å². The number of nitrogens with zero attached hydrogens (tertiary/aromatic N) is 1. The van der Waals surface area contributed by atoms with E-state index in [0.717, 1.165) is 6.54 Å². The highest BCUT2D eigenvalue weighted by atomic mass is 35.5. The quantitative estimate of drug-likeness (QED) is 0.510. The van der Waals surface area contributed by atoms with Crippen molar-refractivity contribution in [3.63, 3.8) is 0 Å². The third kappa shape index (κ3) is 4.05. The van der Waals surface area contributed by atoms with E-state index in [-0.39, 0.29) is 12.8 Å². The molecule has 1 saturated heterocycles. The molecule has 0 aliphatic carbocycles. The Kier molecular flexibility index (Phi) is 4.13. The van der Waals surface area contributed by atoms with E-state index in [1.165, 1.54) is 0 Å². The highest BCUT2D eigenvalue weighted by Gasteiger charge is 2.33. The van der Waals surface area contributed by atoms with E-state index in [4.69, 9.17) is 11.6 Å². The average Bonchev–Trinajstić information content (AvgIpc) is 2.08. The Morgan fingerprint density at radius 1 is 1.23 bits per heavy atom. The van der Waals surface area contributed by atoms with Crippen molar-refractivity contribution < 1.29 is 8.78 Å². The number of halogens is 3. The van der Waals surface area contributed by atoms with Gasteiger partial charge in [-0.25, -0.2) is 8.78 Å². The summed E-state index contributed by atoms with van der Waals surface area (Å²) in [7, 11) is 0. The van der Waals surface area contributed by atoms with Crippen LogP contribution in [0, 0.1) is 0 Å². The van der Waals surface area contributed by atoms with Gasteiger partial charge in [0.2, 0.25) is 0 Å². The second-order valence-corrected chi connectivity index (χ2v) is 3.59. The molecule has 0 bridgehead atoms. The first kappa shape index (κ1) is 10.9. The lowest BCUT2D eigenvalue weighted by atomic mass is 10.1. The zero-order valence-electron chi connectivity index (χ0n) is 7.48. The first-order chi connectivity index (χ1) is 6.14. The maximum absolute atomic E-state index is 12.7. The molecular weight excluding hydrogens is 196 g/mol. The van der Waals surface area contributed by atoms with E-state index in [1.54, 1.807) is 0 Å². The minimum atomic E-state index is -2.44. The molecule has 1 aliphatic heterocycles. The first-order valence-corrected chi connectivity index (χ1v) is 4.99. The second-order valence-electron chi connectivity index (χ2n) is 3.28. The summed E-state index contributed by atoms with van der Waals surface area (Å²) in [6.45, 7) is 1.71. The normalized spacial score (nSPS) is 23.9. The monoisotopic (exact) mass is 209 g/mol. The average molecular weight is 210 g/mol. The maximum atomic E-state index is 12.7. The van der Waals surface area contributed by atoms with Crippen molar-refractivity contribution in [2.75, 3.05) is 25.5 Å². The Morgan fingerprint density at radius 2 is 1.85 bits per heavy atom. The third-order valence-corrected chi connectivity index (χ3v) is 2.39. The summed E-state index contributed by atoms with van der Waals surface area (Å²) >= 11 is 5.44. The molecule has 0 aromatic carbocycles. The summed E-state index contributed by atoms with van der Waals surface area (Å²) in [5, 5.41) is 0. The van der Waals surface area contributed by atoms with Gasteiger partial charge in [-0.15, -0.1) is 11.6 Å². The van der Waals surface area contributed by atoms with Gasteiger partial charge in [0, 0.05) is 38.4 Å². The largest absolute Gasteiger partial charge is 0.299 e. The molecule has 13 heavy (non-hydrogen) atoms. The van der Waals surface area contributed by atoms with Crippen LogP contribution in [0.15, 0.2) is 12.2 Å². The highest BCUT2D eigenvalue weighted by molar-refractivity contribution is 6.18. The van der Waals surface area contributed by atoms with E-state index >= 15 is 0 Å². The van der Waals surface area contributed by atoms with Crippen molar-refractivity contribution in [1.82, 2.24) is 4.90 Å². The van der Waals surface area contributed by atoms with Gasteiger partial charge in [-0.1, -0.05) is 12.2 Å². The van der Waals surface area contributed by atoms with Gasteiger partial charge in [0.25, 0.3) is 5.92 Å². The van der Waals surface area contributed by atoms with Crippen LogP contribution in [-0.4, -0.2) is 36.3 Å². The standard InChI is InChI=1S/C9H14ClF2N/c10-5-1-2-6-13-7-3-9(11,12)4-8-13/h1-2H,3-8H2/b2-1+. The number of hydrogen-bond donors (Lipinski definition) is 0. The van der Waals surface area contributed by atoms with Crippen LogP contribution in [-0.2, 0) is 0 Å². The van der Waals surface area contributed by atoms with Gasteiger partial charge in [-0.3, -0.25) is 4.90 Å². The summed E-state index contributed by atoms with van der Waals surface area (Å²) < 4.78 is 25.4. The lowest BCUT2D eigenvalue weighted by molar-refractivity contribution is -0.0530. The SMILES string of the molecule is FC1(F)CCN(C/C=C/CCl)CC1. The van der Waals surface area contributed by atoms with Crippen molar-refractivity contribution in [3.05, 3.63) is 12.2 Å². The van der Waals surface area contributed by atoms with Crippen molar-refractivity contribution in [2.24, 2.45) is 0 Å². The Labute approximate surface area is 82.4 Å². The molecule has 1 aliphatic rings. The molecule has 0 aromatic rings. The number of alkyl halides is 3. The van der Waals surface area contributed by atoms with E-state index < -0.39 is 5.92 Å². The molecule has 0 radical (unpaired) electrons. The predicted molar refractivity (Wildman–Crippen MR) is 50.5 cm³/mol. The molecule has 0 N–H and O–H groups in total. The maximum Gasteiger partial charge on any atom is 0.250 e. The molecule has 4 heteroatoms. The molecule has 1 fully saturated rings. The molecule has 0 atom stereocenters. The molecule has 1 heterocycles. The fourth-order valence-corrected chi connectivity index (χ4v) is 1.48. The van der Waals surface area contributed by atoms with Gasteiger partial charge in [-0.2, -0.15) is 0 Å². The van der Waals surface area contributed by atoms with Gasteiger partial charge >= 0.3 is 0 Å². The van der Waals surface area contributed by atoms with E-state index in [0.29, 0.717) is 19.0 Å². The fraction of sp³-hybridized carbons (Fsp3) is 0.778. The Balaban J connectivity index is 2.21. The topological polar surface area (TPSA) is 3.24 Å². The first-order valence-electron chi connectivity index (χ1n) is 4.45. The fourth-order valence-electron chi connectivity index (χ4n) is 1.35. The summed E-state index contributed by atoms with van der Waals surface area (Å²) in [5.41, 5.74) is 0. The van der Waals surface area contributed by atoms with Gasteiger partial charge in [-0.05, 0) is 0 Å². The van der Waals surface area contributed by atoms with Crippen LogP contribution in [0.1, 0.15) is 12.8 Å². The van der Waals surface area contributed by atoms with Crippen LogP contribution in [0.2, 0.25) is 0 Å². The lowest BCUT2D eigenvalue weighted by Crippen LogP contribution is -2.39. The second kappa shape index (κ2) is 4.91. The predicted octanol–water partition coefficient (Wildman–Crippen LogP) is 2.51. The third-order valence-electron chi connectivity index (χ3n) is 2.21. The molecule has 1 rings (SSSR count). The van der Waals surface area contributed by atoms with Crippen LogP contribution < -0.4 is 0 Å². The van der Waals surface area contributed by atoms with Crippen LogP contribution >= 0.6 is 11.6 Å². The molecule has 1 nitrogen and oxygen atoms in total. The van der Waals surface area contributed by atoms with Crippen molar-refractivity contribution in [2.45, 2.75) is 18.8 Å². The Bertz CT molecular complexity index is 172. The minimum absolute atomic E-state index is 0.0122. The number of allylic oxidation sites excluding steroid dienone is 1. The van der Waals surface area contributed by atoms with Crippen LogP contribution in [0.3, 0.4) is 0 Å². The zero-order chi connectivity index (χ0) is 9.73. The van der Waals surface area contributed by atoms with E-state index in [1.807, 2.05) is 17.1 Å². The molecular formula is C9H14ClF2N. The smallest absolute Gasteiger partial charge is 0.250 e. The highest BCUT2D eigenvalue weighted by Crippen LogP contribution is 2.27.